The lowest BCUT2D eigenvalue weighted by atomic mass is 10.2. The van der Waals surface area contributed by atoms with Crippen molar-refractivity contribution in [2.75, 3.05) is 18.2 Å². The van der Waals surface area contributed by atoms with Crippen LogP contribution in [0.2, 0.25) is 0 Å². The van der Waals surface area contributed by atoms with Crippen molar-refractivity contribution < 1.29 is 14.3 Å². The van der Waals surface area contributed by atoms with Crippen molar-refractivity contribution in [1.82, 2.24) is 15.0 Å². The van der Waals surface area contributed by atoms with Crippen molar-refractivity contribution in [3.8, 4) is 0 Å². The van der Waals surface area contributed by atoms with Crippen LogP contribution >= 0.6 is 15.9 Å². The number of aromatic nitrogens is 3. The standard InChI is InChI=1S/C13H14BrN5O3/c1-7-3-4-9(8(14)5-7)16-10(20)6-19-12(15)11(17-18-19)13(21)22-2/h3-5H,6,15H2,1-2H3,(H,16,20). The number of anilines is 2. The van der Waals surface area contributed by atoms with E-state index in [2.05, 4.69) is 36.3 Å². The summed E-state index contributed by atoms with van der Waals surface area (Å²) in [4.78, 5) is 23.4. The summed E-state index contributed by atoms with van der Waals surface area (Å²) in [6, 6.07) is 5.54. The van der Waals surface area contributed by atoms with E-state index in [1.807, 2.05) is 19.1 Å². The molecule has 1 heterocycles. The molecule has 9 heteroatoms. The molecule has 8 nitrogen and oxygen atoms in total. The van der Waals surface area contributed by atoms with Gasteiger partial charge in [0.05, 0.1) is 12.8 Å². The van der Waals surface area contributed by atoms with Gasteiger partial charge in [-0.3, -0.25) is 4.79 Å². The lowest BCUT2D eigenvalue weighted by molar-refractivity contribution is -0.116. The number of nitrogen functional groups attached to an aromatic ring is 1. The van der Waals surface area contributed by atoms with E-state index in [0.717, 1.165) is 14.7 Å². The van der Waals surface area contributed by atoms with Crippen LogP contribution in [0, 0.1) is 6.92 Å². The molecule has 0 unspecified atom stereocenters. The van der Waals surface area contributed by atoms with E-state index in [9.17, 15) is 9.59 Å². The number of benzene rings is 1. The fourth-order valence-electron chi connectivity index (χ4n) is 1.73. The molecule has 1 aromatic heterocycles. The Morgan fingerprint density at radius 1 is 1.45 bits per heavy atom. The summed E-state index contributed by atoms with van der Waals surface area (Å²) >= 11 is 3.37. The number of carbonyl (C=O) groups is 2. The van der Waals surface area contributed by atoms with Gasteiger partial charge in [0.2, 0.25) is 11.6 Å². The topological polar surface area (TPSA) is 112 Å². The zero-order chi connectivity index (χ0) is 16.3. The minimum Gasteiger partial charge on any atom is -0.464 e. The zero-order valence-corrected chi connectivity index (χ0v) is 13.5. The normalized spacial score (nSPS) is 10.3. The van der Waals surface area contributed by atoms with Crippen molar-refractivity contribution in [2.45, 2.75) is 13.5 Å². The van der Waals surface area contributed by atoms with Crippen LogP contribution in [0.1, 0.15) is 16.1 Å². The first-order chi connectivity index (χ1) is 10.4. The summed E-state index contributed by atoms with van der Waals surface area (Å²) in [5.74, 6) is -1.08. The van der Waals surface area contributed by atoms with Crippen LogP contribution < -0.4 is 11.1 Å². The highest BCUT2D eigenvalue weighted by Gasteiger charge is 2.19. The lowest BCUT2D eigenvalue weighted by Crippen LogP contribution is -2.21. The molecule has 0 saturated carbocycles. The average molecular weight is 368 g/mol. The molecule has 0 radical (unpaired) electrons. The average Bonchev–Trinajstić information content (AvgIpc) is 2.82. The number of amides is 1. The molecule has 0 aliphatic heterocycles. The number of ether oxygens (including phenoxy) is 1. The van der Waals surface area contributed by atoms with Gasteiger partial charge >= 0.3 is 5.97 Å². The summed E-state index contributed by atoms with van der Waals surface area (Å²) in [6.07, 6.45) is 0. The third-order valence-corrected chi connectivity index (χ3v) is 3.50. The molecule has 1 amide bonds. The molecule has 116 valence electrons. The second kappa shape index (κ2) is 6.56. The Bertz CT molecular complexity index is 728. The summed E-state index contributed by atoms with van der Waals surface area (Å²) in [5.41, 5.74) is 7.29. The van der Waals surface area contributed by atoms with E-state index in [1.165, 1.54) is 7.11 Å². The lowest BCUT2D eigenvalue weighted by Gasteiger charge is -2.08. The molecule has 3 N–H and O–H groups in total. The van der Waals surface area contributed by atoms with E-state index in [-0.39, 0.29) is 24.0 Å². The maximum atomic E-state index is 12.0. The van der Waals surface area contributed by atoms with E-state index in [0.29, 0.717) is 5.69 Å². The number of esters is 1. The Morgan fingerprint density at radius 2 is 2.18 bits per heavy atom. The number of nitrogens with zero attached hydrogens (tertiary/aromatic N) is 3. The molecule has 2 rings (SSSR count). The predicted octanol–water partition coefficient (Wildman–Crippen LogP) is 1.36. The number of rotatable bonds is 4. The van der Waals surface area contributed by atoms with Gasteiger partial charge in [0, 0.05) is 4.47 Å². The molecule has 0 atom stereocenters. The number of hydrogen-bond donors (Lipinski definition) is 2. The first-order valence-electron chi connectivity index (χ1n) is 6.25. The van der Waals surface area contributed by atoms with Gasteiger partial charge in [-0.1, -0.05) is 11.3 Å². The van der Waals surface area contributed by atoms with Gasteiger partial charge in [-0.2, -0.15) is 0 Å². The van der Waals surface area contributed by atoms with Gasteiger partial charge in [0.1, 0.15) is 6.54 Å². The highest BCUT2D eigenvalue weighted by atomic mass is 79.9. The second-order valence-electron chi connectivity index (χ2n) is 4.50. The summed E-state index contributed by atoms with van der Waals surface area (Å²) in [5, 5.41) is 9.99. The Morgan fingerprint density at radius 3 is 2.82 bits per heavy atom. The van der Waals surface area contributed by atoms with Crippen molar-refractivity contribution in [3.05, 3.63) is 33.9 Å². The van der Waals surface area contributed by atoms with E-state index >= 15 is 0 Å². The van der Waals surface area contributed by atoms with Crippen molar-refractivity contribution in [2.24, 2.45) is 0 Å². The van der Waals surface area contributed by atoms with Crippen molar-refractivity contribution in [3.63, 3.8) is 0 Å². The molecule has 0 saturated heterocycles. The van der Waals surface area contributed by atoms with Gasteiger partial charge in [0.25, 0.3) is 0 Å². The number of nitrogens with two attached hydrogens (primary N) is 1. The van der Waals surface area contributed by atoms with Gasteiger partial charge < -0.3 is 15.8 Å². The second-order valence-corrected chi connectivity index (χ2v) is 5.36. The fourth-order valence-corrected chi connectivity index (χ4v) is 2.32. The highest BCUT2D eigenvalue weighted by molar-refractivity contribution is 9.10. The number of aryl methyl sites for hydroxylation is 1. The summed E-state index contributed by atoms with van der Waals surface area (Å²) in [7, 11) is 1.21. The van der Waals surface area contributed by atoms with Crippen LogP contribution in [0.3, 0.4) is 0 Å². The van der Waals surface area contributed by atoms with Crippen molar-refractivity contribution in [1.29, 1.82) is 0 Å². The Kier molecular flexibility index (Phi) is 4.76. The molecular formula is C13H14BrN5O3. The number of halogens is 1. The summed E-state index contributed by atoms with van der Waals surface area (Å²) < 4.78 is 6.41. The molecule has 2 aromatic rings. The Hall–Kier alpha value is -2.42. The minimum absolute atomic E-state index is 0.0232. The number of nitrogens with one attached hydrogen (secondary N) is 1. The molecule has 1 aromatic carbocycles. The predicted molar refractivity (Wildman–Crippen MR) is 83.3 cm³/mol. The first-order valence-corrected chi connectivity index (χ1v) is 7.05. The van der Waals surface area contributed by atoms with Crippen LogP contribution in [0.5, 0.6) is 0 Å². The van der Waals surface area contributed by atoms with Gasteiger partial charge in [-0.15, -0.1) is 5.10 Å². The minimum atomic E-state index is -0.703. The van der Waals surface area contributed by atoms with Gasteiger partial charge in [-0.25, -0.2) is 9.48 Å². The van der Waals surface area contributed by atoms with E-state index in [1.54, 1.807) is 6.07 Å². The SMILES string of the molecule is COC(=O)c1nnn(CC(=O)Nc2ccc(C)cc2Br)c1N. The third-order valence-electron chi connectivity index (χ3n) is 2.84. The third kappa shape index (κ3) is 3.42. The first kappa shape index (κ1) is 16.0. The highest BCUT2D eigenvalue weighted by Crippen LogP contribution is 2.23. The molecule has 0 bridgehead atoms. The zero-order valence-electron chi connectivity index (χ0n) is 12.0. The van der Waals surface area contributed by atoms with E-state index in [4.69, 9.17) is 5.73 Å². The van der Waals surface area contributed by atoms with Gasteiger partial charge in [0.15, 0.2) is 5.82 Å². The number of hydrogen-bond acceptors (Lipinski definition) is 6. The molecule has 0 spiro atoms. The fraction of sp³-hybridized carbons (Fsp3) is 0.231. The molecular weight excluding hydrogens is 354 g/mol. The molecule has 22 heavy (non-hydrogen) atoms. The molecule has 0 aliphatic carbocycles. The summed E-state index contributed by atoms with van der Waals surface area (Å²) in [6.45, 7) is 1.77. The number of methoxy groups -OCH3 is 1. The number of carbonyl (C=O) groups excluding carboxylic acids is 2. The monoisotopic (exact) mass is 367 g/mol. The molecule has 0 aliphatic rings. The van der Waals surface area contributed by atoms with E-state index < -0.39 is 5.97 Å². The molecule has 0 fully saturated rings. The van der Waals surface area contributed by atoms with Gasteiger partial charge in [-0.05, 0) is 40.5 Å². The van der Waals surface area contributed by atoms with Crippen LogP contribution in [0.25, 0.3) is 0 Å². The maximum Gasteiger partial charge on any atom is 0.362 e. The van der Waals surface area contributed by atoms with Crippen LogP contribution in [0.15, 0.2) is 22.7 Å². The maximum absolute atomic E-state index is 12.0. The smallest absolute Gasteiger partial charge is 0.362 e. The van der Waals surface area contributed by atoms with Crippen molar-refractivity contribution >= 4 is 39.3 Å². The Balaban J connectivity index is 2.09. The largest absolute Gasteiger partial charge is 0.464 e. The quantitative estimate of drug-likeness (QED) is 0.788. The van der Waals surface area contributed by atoms with Crippen LogP contribution in [-0.2, 0) is 16.1 Å². The van der Waals surface area contributed by atoms with Crippen LogP contribution in [0.4, 0.5) is 11.5 Å². The van der Waals surface area contributed by atoms with Crippen LogP contribution in [-0.4, -0.2) is 34.0 Å². The Labute approximate surface area is 134 Å².